The van der Waals surface area contributed by atoms with Crippen molar-refractivity contribution < 1.29 is 13.0 Å². The van der Waals surface area contributed by atoms with Crippen molar-refractivity contribution >= 4 is 21.2 Å². The Morgan fingerprint density at radius 3 is 2.41 bits per heavy atom. The molecule has 8 heteroatoms. The monoisotopic (exact) mass is 319 g/mol. The van der Waals surface area contributed by atoms with Crippen molar-refractivity contribution in [2.45, 2.75) is 11.8 Å². The van der Waals surface area contributed by atoms with Crippen LogP contribution in [0.1, 0.15) is 5.56 Å². The zero-order valence-electron chi connectivity index (χ0n) is 11.6. The highest BCUT2D eigenvalue weighted by Gasteiger charge is 2.06. The second-order valence-electron chi connectivity index (χ2n) is 4.44. The van der Waals surface area contributed by atoms with Gasteiger partial charge >= 0.3 is 0 Å². The Morgan fingerprint density at radius 2 is 1.77 bits per heavy atom. The molecule has 0 aliphatic carbocycles. The molecule has 3 rings (SSSR count). The van der Waals surface area contributed by atoms with Gasteiger partial charge in [-0.3, -0.25) is 9.35 Å². The van der Waals surface area contributed by atoms with Crippen LogP contribution < -0.4 is 5.56 Å². The van der Waals surface area contributed by atoms with Crippen molar-refractivity contribution in [2.75, 3.05) is 0 Å². The maximum absolute atomic E-state index is 10.8. The third-order valence-electron chi connectivity index (χ3n) is 2.72. The van der Waals surface area contributed by atoms with Crippen LogP contribution in [0.25, 0.3) is 11.0 Å². The predicted molar refractivity (Wildman–Crippen MR) is 81.2 cm³/mol. The van der Waals surface area contributed by atoms with Crippen molar-refractivity contribution in [3.63, 3.8) is 0 Å². The first kappa shape index (κ1) is 15.8. The van der Waals surface area contributed by atoms with Crippen LogP contribution in [0.15, 0.2) is 58.6 Å². The van der Waals surface area contributed by atoms with E-state index >= 15 is 0 Å². The van der Waals surface area contributed by atoms with E-state index in [4.69, 9.17) is 4.55 Å². The minimum absolute atomic E-state index is 0.0666. The van der Waals surface area contributed by atoms with Gasteiger partial charge in [-0.2, -0.15) is 8.42 Å². The van der Waals surface area contributed by atoms with E-state index in [0.29, 0.717) is 5.65 Å². The van der Waals surface area contributed by atoms with Crippen molar-refractivity contribution in [1.82, 2.24) is 15.0 Å². The van der Waals surface area contributed by atoms with E-state index < -0.39 is 10.1 Å². The van der Waals surface area contributed by atoms with Crippen LogP contribution in [0.4, 0.5) is 0 Å². The average molecular weight is 319 g/mol. The summed E-state index contributed by atoms with van der Waals surface area (Å²) >= 11 is 0. The highest BCUT2D eigenvalue weighted by Crippen LogP contribution is 2.08. The summed E-state index contributed by atoms with van der Waals surface area (Å²) in [6.45, 7) is 1.84. The van der Waals surface area contributed by atoms with Crippen molar-refractivity contribution in [3.05, 3.63) is 64.8 Å². The number of rotatable bonds is 1. The molecule has 0 bridgehead atoms. The molecular weight excluding hydrogens is 306 g/mol. The number of aromatic nitrogens is 3. The highest BCUT2D eigenvalue weighted by molar-refractivity contribution is 7.85. The molecule has 114 valence electrons. The van der Waals surface area contributed by atoms with E-state index in [1.165, 1.54) is 24.5 Å². The largest absolute Gasteiger partial charge is 0.306 e. The molecule has 22 heavy (non-hydrogen) atoms. The van der Waals surface area contributed by atoms with Gasteiger partial charge in [-0.05, 0) is 25.1 Å². The number of nitrogens with zero attached hydrogens (tertiary/aromatic N) is 2. The lowest BCUT2D eigenvalue weighted by Crippen LogP contribution is -2.03. The number of hydrogen-bond donors (Lipinski definition) is 2. The van der Waals surface area contributed by atoms with Crippen LogP contribution in [0.5, 0.6) is 0 Å². The number of benzene rings is 1. The lowest BCUT2D eigenvalue weighted by atomic mass is 10.2. The van der Waals surface area contributed by atoms with Crippen LogP contribution in [0.2, 0.25) is 0 Å². The second kappa shape index (κ2) is 6.46. The number of H-pyrrole nitrogens is 1. The fourth-order valence-corrected chi connectivity index (χ4v) is 2.08. The normalized spacial score (nSPS) is 10.8. The lowest BCUT2D eigenvalue weighted by molar-refractivity contribution is 0.483. The smallest absolute Gasteiger partial charge is 0.294 e. The Bertz CT molecular complexity index is 934. The molecule has 0 aliphatic heterocycles. The SMILES string of the molecule is Cc1ccc(S(=O)(=O)O)cc1.O=c1ccc2cncnc2[nH]1. The molecule has 2 N–H and O–H groups in total. The predicted octanol–water partition coefficient (Wildman–Crippen LogP) is 1.56. The Kier molecular flexibility index (Phi) is 4.64. The van der Waals surface area contributed by atoms with Gasteiger partial charge < -0.3 is 4.98 Å². The summed E-state index contributed by atoms with van der Waals surface area (Å²) in [5.41, 5.74) is 1.39. The van der Waals surface area contributed by atoms with Crippen LogP contribution in [-0.4, -0.2) is 27.9 Å². The van der Waals surface area contributed by atoms with Gasteiger partial charge in [0.05, 0.1) is 4.90 Å². The van der Waals surface area contributed by atoms with Gasteiger partial charge in [-0.25, -0.2) is 9.97 Å². The van der Waals surface area contributed by atoms with Crippen LogP contribution in [-0.2, 0) is 10.1 Å². The molecule has 0 amide bonds. The van der Waals surface area contributed by atoms with Crippen molar-refractivity contribution in [2.24, 2.45) is 0 Å². The summed E-state index contributed by atoms with van der Waals surface area (Å²) in [5.74, 6) is 0. The van der Waals surface area contributed by atoms with E-state index in [2.05, 4.69) is 15.0 Å². The van der Waals surface area contributed by atoms with Gasteiger partial charge in [0, 0.05) is 17.6 Å². The topological polar surface area (TPSA) is 113 Å². The van der Waals surface area contributed by atoms with Gasteiger partial charge in [-0.15, -0.1) is 0 Å². The quantitative estimate of drug-likeness (QED) is 0.658. The fraction of sp³-hybridized carbons (Fsp3) is 0.0714. The van der Waals surface area contributed by atoms with Gasteiger partial charge in [-0.1, -0.05) is 17.7 Å². The molecule has 0 aliphatic rings. The highest BCUT2D eigenvalue weighted by atomic mass is 32.2. The Labute approximate surface area is 126 Å². The Morgan fingerprint density at radius 1 is 1.09 bits per heavy atom. The molecule has 0 saturated heterocycles. The summed E-state index contributed by atoms with van der Waals surface area (Å²) in [7, 11) is -4.02. The van der Waals surface area contributed by atoms with E-state index in [-0.39, 0.29) is 10.5 Å². The third-order valence-corrected chi connectivity index (χ3v) is 3.58. The first-order chi connectivity index (χ1) is 10.4. The maximum atomic E-state index is 10.8. The number of nitrogens with one attached hydrogen (secondary N) is 1. The number of aromatic amines is 1. The minimum Gasteiger partial charge on any atom is -0.306 e. The molecule has 0 fully saturated rings. The van der Waals surface area contributed by atoms with Gasteiger partial charge in [0.2, 0.25) is 5.56 Å². The molecule has 0 spiro atoms. The number of hydrogen-bond acceptors (Lipinski definition) is 5. The zero-order valence-corrected chi connectivity index (χ0v) is 12.4. The summed E-state index contributed by atoms with van der Waals surface area (Å²) in [6.07, 6.45) is 3.05. The molecule has 7 nitrogen and oxygen atoms in total. The van der Waals surface area contributed by atoms with Crippen LogP contribution >= 0.6 is 0 Å². The first-order valence-electron chi connectivity index (χ1n) is 6.19. The van der Waals surface area contributed by atoms with E-state index in [9.17, 15) is 13.2 Å². The standard InChI is InChI=1S/C7H5N3O.C7H8O3S/c11-6-2-1-5-3-8-4-9-7(5)10-6;1-6-2-4-7(5-3-6)11(8,9)10/h1-4H,(H,8,9,10,11);2-5H,1H3,(H,8,9,10). The molecule has 1 aromatic carbocycles. The summed E-state index contributed by atoms with van der Waals surface area (Å²) in [5, 5.41) is 0.840. The van der Waals surface area contributed by atoms with Gasteiger partial charge in [0.1, 0.15) is 12.0 Å². The second-order valence-corrected chi connectivity index (χ2v) is 5.86. The van der Waals surface area contributed by atoms with Gasteiger partial charge in [0.15, 0.2) is 0 Å². The molecular formula is C14H13N3O4S. The van der Waals surface area contributed by atoms with Gasteiger partial charge in [0.25, 0.3) is 10.1 Å². The van der Waals surface area contributed by atoms with Crippen LogP contribution in [0, 0.1) is 6.92 Å². The first-order valence-corrected chi connectivity index (χ1v) is 7.63. The van der Waals surface area contributed by atoms with Crippen molar-refractivity contribution in [3.8, 4) is 0 Å². The average Bonchev–Trinajstić information content (AvgIpc) is 2.47. The minimum atomic E-state index is -4.02. The molecule has 0 saturated carbocycles. The lowest BCUT2D eigenvalue weighted by Gasteiger charge is -1.95. The summed E-state index contributed by atoms with van der Waals surface area (Å²) < 4.78 is 29.6. The Balaban J connectivity index is 0.000000160. The molecule has 2 aromatic heterocycles. The molecule has 3 aromatic rings. The third kappa shape index (κ3) is 4.21. The molecule has 2 heterocycles. The maximum Gasteiger partial charge on any atom is 0.294 e. The summed E-state index contributed by atoms with van der Waals surface area (Å²) in [6, 6.07) is 9.13. The van der Waals surface area contributed by atoms with E-state index in [1.54, 1.807) is 24.4 Å². The van der Waals surface area contributed by atoms with Crippen molar-refractivity contribution in [1.29, 1.82) is 0 Å². The van der Waals surface area contributed by atoms with E-state index in [0.717, 1.165) is 10.9 Å². The fourth-order valence-electron chi connectivity index (χ4n) is 1.60. The summed E-state index contributed by atoms with van der Waals surface area (Å²) in [4.78, 5) is 21.0. The molecule has 0 unspecified atom stereocenters. The zero-order chi connectivity index (χ0) is 16.2. The molecule has 0 atom stereocenters. The number of fused-ring (bicyclic) bond motifs is 1. The number of pyridine rings is 1. The van der Waals surface area contributed by atoms with E-state index in [1.807, 2.05) is 6.92 Å². The van der Waals surface area contributed by atoms with Crippen LogP contribution in [0.3, 0.4) is 0 Å². The molecule has 0 radical (unpaired) electrons. The number of aryl methyl sites for hydroxylation is 1. The Hall–Kier alpha value is -2.58.